The maximum Gasteiger partial charge on any atom is 0.238 e. The van der Waals surface area contributed by atoms with Crippen LogP contribution >= 0.6 is 0 Å². The highest BCUT2D eigenvalue weighted by Crippen LogP contribution is 2.24. The lowest BCUT2D eigenvalue weighted by Crippen LogP contribution is -2.33. The predicted molar refractivity (Wildman–Crippen MR) is 82.0 cm³/mol. The molecule has 1 aromatic carbocycles. The first-order valence-corrected chi connectivity index (χ1v) is 7.95. The van der Waals surface area contributed by atoms with E-state index in [1.165, 1.54) is 49.7 Å². The Morgan fingerprint density at radius 2 is 1.75 bits per heavy atom. The van der Waals surface area contributed by atoms with Crippen LogP contribution in [0.2, 0.25) is 0 Å². The molecule has 1 fully saturated rings. The highest BCUT2D eigenvalue weighted by Gasteiger charge is 2.14. The molecule has 108 valence electrons. The summed E-state index contributed by atoms with van der Waals surface area (Å²) in [6.45, 7) is 2.67. The Balaban J connectivity index is 1.55. The van der Waals surface area contributed by atoms with E-state index in [-0.39, 0.29) is 5.91 Å². The van der Waals surface area contributed by atoms with Gasteiger partial charge in [0.2, 0.25) is 5.91 Å². The normalized spacial score (nSPS) is 19.4. The Hall–Kier alpha value is -1.35. The minimum absolute atomic E-state index is 0.129. The van der Waals surface area contributed by atoms with Crippen LogP contribution in [-0.4, -0.2) is 30.4 Å². The van der Waals surface area contributed by atoms with E-state index in [0.717, 1.165) is 25.2 Å². The lowest BCUT2D eigenvalue weighted by Gasteiger charge is -2.19. The zero-order valence-corrected chi connectivity index (χ0v) is 12.2. The number of anilines is 1. The van der Waals surface area contributed by atoms with Gasteiger partial charge in [-0.2, -0.15) is 0 Å². The molecule has 0 radical (unpaired) electrons. The van der Waals surface area contributed by atoms with Crippen molar-refractivity contribution in [1.82, 2.24) is 4.90 Å². The van der Waals surface area contributed by atoms with Crippen molar-refractivity contribution < 1.29 is 4.79 Å². The van der Waals surface area contributed by atoms with Crippen LogP contribution in [0.1, 0.15) is 43.2 Å². The third-order valence-electron chi connectivity index (χ3n) is 4.45. The molecule has 1 N–H and O–H groups in total. The fourth-order valence-corrected chi connectivity index (χ4v) is 3.35. The van der Waals surface area contributed by atoms with E-state index in [9.17, 15) is 4.79 Å². The molecule has 0 aromatic heterocycles. The Kier molecular flexibility index (Phi) is 4.36. The maximum absolute atomic E-state index is 12.1. The van der Waals surface area contributed by atoms with E-state index in [1.807, 2.05) is 6.07 Å². The fourth-order valence-electron chi connectivity index (χ4n) is 3.35. The van der Waals surface area contributed by atoms with Crippen LogP contribution in [0.25, 0.3) is 0 Å². The van der Waals surface area contributed by atoms with Crippen molar-refractivity contribution in [3.8, 4) is 0 Å². The second kappa shape index (κ2) is 6.40. The van der Waals surface area contributed by atoms with E-state index in [0.29, 0.717) is 6.54 Å². The summed E-state index contributed by atoms with van der Waals surface area (Å²) in [4.78, 5) is 14.4. The standard InChI is InChI=1S/C17H24N2O/c20-17(13-19-10-3-1-2-4-11-19)18-16-9-8-14-6-5-7-15(14)12-16/h8-9,12H,1-7,10-11,13H2,(H,18,20). The number of hydrogen-bond donors (Lipinski definition) is 1. The molecule has 1 amide bonds. The summed E-state index contributed by atoms with van der Waals surface area (Å²) in [6, 6.07) is 6.37. The smallest absolute Gasteiger partial charge is 0.238 e. The first kappa shape index (κ1) is 13.6. The number of carbonyl (C=O) groups is 1. The van der Waals surface area contributed by atoms with Gasteiger partial charge in [0.15, 0.2) is 0 Å². The van der Waals surface area contributed by atoms with Gasteiger partial charge in [0, 0.05) is 5.69 Å². The number of nitrogens with one attached hydrogen (secondary N) is 1. The summed E-state index contributed by atoms with van der Waals surface area (Å²) in [7, 11) is 0. The van der Waals surface area contributed by atoms with Crippen molar-refractivity contribution in [2.75, 3.05) is 25.0 Å². The van der Waals surface area contributed by atoms with Gasteiger partial charge in [-0.25, -0.2) is 0 Å². The number of hydrogen-bond acceptors (Lipinski definition) is 2. The minimum Gasteiger partial charge on any atom is -0.325 e. The molecule has 1 saturated heterocycles. The predicted octanol–water partition coefficient (Wildman–Crippen LogP) is 2.99. The van der Waals surface area contributed by atoms with E-state index >= 15 is 0 Å². The Labute approximate surface area is 121 Å². The van der Waals surface area contributed by atoms with E-state index in [2.05, 4.69) is 22.3 Å². The van der Waals surface area contributed by atoms with Gasteiger partial charge in [-0.15, -0.1) is 0 Å². The Morgan fingerprint density at radius 3 is 2.55 bits per heavy atom. The molecule has 1 aromatic rings. The van der Waals surface area contributed by atoms with Crippen molar-refractivity contribution in [2.45, 2.75) is 44.9 Å². The topological polar surface area (TPSA) is 32.3 Å². The van der Waals surface area contributed by atoms with Gasteiger partial charge >= 0.3 is 0 Å². The maximum atomic E-state index is 12.1. The number of amides is 1. The van der Waals surface area contributed by atoms with Crippen LogP contribution in [0, 0.1) is 0 Å². The van der Waals surface area contributed by atoms with Gasteiger partial charge in [-0.05, 0) is 68.5 Å². The summed E-state index contributed by atoms with van der Waals surface area (Å²) in [5, 5.41) is 3.06. The number of rotatable bonds is 3. The van der Waals surface area contributed by atoms with Crippen LogP contribution in [0.4, 0.5) is 5.69 Å². The van der Waals surface area contributed by atoms with Gasteiger partial charge in [-0.1, -0.05) is 18.9 Å². The van der Waals surface area contributed by atoms with Gasteiger partial charge in [0.05, 0.1) is 6.54 Å². The average Bonchev–Trinajstić information content (AvgIpc) is 2.75. The SMILES string of the molecule is O=C(CN1CCCCCC1)Nc1ccc2c(c1)CCC2. The summed E-state index contributed by atoms with van der Waals surface area (Å²) in [5.41, 5.74) is 3.83. The molecule has 0 spiro atoms. The molecule has 1 heterocycles. The van der Waals surface area contributed by atoms with Crippen molar-refractivity contribution in [2.24, 2.45) is 0 Å². The fraction of sp³-hybridized carbons (Fsp3) is 0.588. The average molecular weight is 272 g/mol. The van der Waals surface area contributed by atoms with Crippen molar-refractivity contribution in [3.05, 3.63) is 29.3 Å². The Morgan fingerprint density at radius 1 is 1.00 bits per heavy atom. The van der Waals surface area contributed by atoms with Crippen molar-refractivity contribution >= 4 is 11.6 Å². The molecular weight excluding hydrogens is 248 g/mol. The number of benzene rings is 1. The van der Waals surface area contributed by atoms with Crippen LogP contribution in [-0.2, 0) is 17.6 Å². The van der Waals surface area contributed by atoms with Gasteiger partial charge in [-0.3, -0.25) is 9.69 Å². The summed E-state index contributed by atoms with van der Waals surface area (Å²) in [6.07, 6.45) is 8.67. The van der Waals surface area contributed by atoms with Crippen LogP contribution in [0.3, 0.4) is 0 Å². The van der Waals surface area contributed by atoms with Gasteiger partial charge in [0.1, 0.15) is 0 Å². The summed E-state index contributed by atoms with van der Waals surface area (Å²) < 4.78 is 0. The van der Waals surface area contributed by atoms with Crippen LogP contribution in [0.15, 0.2) is 18.2 Å². The van der Waals surface area contributed by atoms with Gasteiger partial charge in [0.25, 0.3) is 0 Å². The van der Waals surface area contributed by atoms with Crippen molar-refractivity contribution in [3.63, 3.8) is 0 Å². The second-order valence-electron chi connectivity index (χ2n) is 6.08. The molecule has 0 atom stereocenters. The molecule has 3 rings (SSSR count). The minimum atomic E-state index is 0.129. The number of nitrogens with zero attached hydrogens (tertiary/aromatic N) is 1. The summed E-state index contributed by atoms with van der Waals surface area (Å²) in [5.74, 6) is 0.129. The third-order valence-corrected chi connectivity index (χ3v) is 4.45. The monoisotopic (exact) mass is 272 g/mol. The lowest BCUT2D eigenvalue weighted by atomic mass is 10.1. The van der Waals surface area contributed by atoms with E-state index < -0.39 is 0 Å². The molecule has 0 bridgehead atoms. The number of fused-ring (bicyclic) bond motifs is 1. The Bertz CT molecular complexity index is 476. The first-order valence-electron chi connectivity index (χ1n) is 7.95. The molecule has 3 heteroatoms. The molecule has 3 nitrogen and oxygen atoms in total. The quantitative estimate of drug-likeness (QED) is 0.917. The molecule has 2 aliphatic rings. The third kappa shape index (κ3) is 3.40. The van der Waals surface area contributed by atoms with Crippen LogP contribution < -0.4 is 5.32 Å². The second-order valence-corrected chi connectivity index (χ2v) is 6.08. The number of aryl methyl sites for hydroxylation is 2. The van der Waals surface area contributed by atoms with Crippen molar-refractivity contribution in [1.29, 1.82) is 0 Å². The largest absolute Gasteiger partial charge is 0.325 e. The molecule has 20 heavy (non-hydrogen) atoms. The number of likely N-dealkylation sites (tertiary alicyclic amines) is 1. The molecule has 1 aliphatic heterocycles. The van der Waals surface area contributed by atoms with E-state index in [4.69, 9.17) is 0 Å². The molecular formula is C17H24N2O. The lowest BCUT2D eigenvalue weighted by molar-refractivity contribution is -0.117. The molecule has 0 saturated carbocycles. The first-order chi connectivity index (χ1) is 9.81. The molecule has 1 aliphatic carbocycles. The zero-order chi connectivity index (χ0) is 13.8. The van der Waals surface area contributed by atoms with Crippen LogP contribution in [0.5, 0.6) is 0 Å². The number of carbonyl (C=O) groups excluding carboxylic acids is 1. The van der Waals surface area contributed by atoms with E-state index in [1.54, 1.807) is 0 Å². The highest BCUT2D eigenvalue weighted by molar-refractivity contribution is 5.92. The zero-order valence-electron chi connectivity index (χ0n) is 12.2. The highest BCUT2D eigenvalue weighted by atomic mass is 16.2. The summed E-state index contributed by atoms with van der Waals surface area (Å²) >= 11 is 0. The molecule has 0 unspecified atom stereocenters. The van der Waals surface area contributed by atoms with Gasteiger partial charge < -0.3 is 5.32 Å².